The summed E-state index contributed by atoms with van der Waals surface area (Å²) in [6, 6.07) is 17.7. The third-order valence-electron chi connectivity index (χ3n) is 3.48. The summed E-state index contributed by atoms with van der Waals surface area (Å²) in [6.07, 6.45) is 1.11. The number of benzene rings is 2. The van der Waals surface area contributed by atoms with Crippen molar-refractivity contribution in [1.82, 2.24) is 4.57 Å². The first-order chi connectivity index (χ1) is 11.3. The maximum absolute atomic E-state index is 5.81. The van der Waals surface area contributed by atoms with E-state index in [4.69, 9.17) is 9.73 Å². The first-order valence-corrected chi connectivity index (χ1v) is 8.67. The molecule has 0 saturated carbocycles. The van der Waals surface area contributed by atoms with E-state index in [2.05, 4.69) is 23.8 Å². The van der Waals surface area contributed by atoms with Gasteiger partial charge in [-0.1, -0.05) is 25.1 Å². The summed E-state index contributed by atoms with van der Waals surface area (Å²) in [5, 5.41) is 2.15. The number of ether oxygens (including phenoxy) is 1. The molecule has 1 aromatic heterocycles. The highest BCUT2D eigenvalue weighted by molar-refractivity contribution is 7.07. The Morgan fingerprint density at radius 1 is 1.00 bits per heavy atom. The molecule has 23 heavy (non-hydrogen) atoms. The highest BCUT2D eigenvalue weighted by Gasteiger charge is 2.01. The largest absolute Gasteiger partial charge is 0.457 e. The van der Waals surface area contributed by atoms with Crippen LogP contribution in [-0.2, 0) is 6.54 Å². The number of aromatic nitrogens is 1. The molecule has 3 nitrogen and oxygen atoms in total. The van der Waals surface area contributed by atoms with Gasteiger partial charge in [0, 0.05) is 17.6 Å². The van der Waals surface area contributed by atoms with Gasteiger partial charge in [-0.2, -0.15) is 0 Å². The van der Waals surface area contributed by atoms with Gasteiger partial charge in [0.1, 0.15) is 11.5 Å². The molecule has 0 unspecified atom stereocenters. The maximum Gasteiger partial charge on any atom is 0.190 e. The van der Waals surface area contributed by atoms with Crippen LogP contribution in [0.4, 0.5) is 5.69 Å². The standard InChI is InChI=1S/C19H20N2OS/c1-3-13-21-15(2)14-23-19(21)20-16-9-11-18(12-10-16)22-17-7-5-4-6-8-17/h4-12,14H,3,13H2,1-2H3. The Kier molecular flexibility index (Phi) is 4.93. The molecule has 1 heterocycles. The van der Waals surface area contributed by atoms with Crippen LogP contribution in [0.15, 0.2) is 65.0 Å². The third-order valence-corrected chi connectivity index (χ3v) is 4.46. The minimum Gasteiger partial charge on any atom is -0.457 e. The first kappa shape index (κ1) is 15.6. The molecule has 0 aliphatic carbocycles. The lowest BCUT2D eigenvalue weighted by Gasteiger charge is -2.05. The van der Waals surface area contributed by atoms with Gasteiger partial charge >= 0.3 is 0 Å². The number of aryl methyl sites for hydroxylation is 1. The minimum atomic E-state index is 0.818. The van der Waals surface area contributed by atoms with Crippen molar-refractivity contribution in [2.45, 2.75) is 26.8 Å². The summed E-state index contributed by atoms with van der Waals surface area (Å²) in [5.41, 5.74) is 2.21. The molecule has 0 bridgehead atoms. The van der Waals surface area contributed by atoms with Crippen molar-refractivity contribution in [2.24, 2.45) is 4.99 Å². The van der Waals surface area contributed by atoms with Gasteiger partial charge in [-0.15, -0.1) is 11.3 Å². The van der Waals surface area contributed by atoms with Crippen LogP contribution < -0.4 is 9.54 Å². The highest BCUT2D eigenvalue weighted by Crippen LogP contribution is 2.23. The lowest BCUT2D eigenvalue weighted by atomic mass is 10.3. The summed E-state index contributed by atoms with van der Waals surface area (Å²) in [7, 11) is 0. The van der Waals surface area contributed by atoms with E-state index in [0.29, 0.717) is 0 Å². The SMILES string of the molecule is CCCn1c(C)csc1=Nc1ccc(Oc2ccccc2)cc1. The van der Waals surface area contributed by atoms with Crippen LogP contribution in [-0.4, -0.2) is 4.57 Å². The van der Waals surface area contributed by atoms with Gasteiger partial charge in [0.05, 0.1) is 5.69 Å². The molecule has 0 aliphatic heterocycles. The average molecular weight is 324 g/mol. The lowest BCUT2D eigenvalue weighted by Crippen LogP contribution is -2.15. The van der Waals surface area contributed by atoms with Crippen LogP contribution in [0, 0.1) is 6.92 Å². The average Bonchev–Trinajstić information content (AvgIpc) is 2.91. The molecule has 0 spiro atoms. The smallest absolute Gasteiger partial charge is 0.190 e. The summed E-state index contributed by atoms with van der Waals surface area (Å²) in [6.45, 7) is 5.31. The van der Waals surface area contributed by atoms with Crippen molar-refractivity contribution in [1.29, 1.82) is 0 Å². The number of hydrogen-bond acceptors (Lipinski definition) is 3. The van der Waals surface area contributed by atoms with Crippen LogP contribution in [0.2, 0.25) is 0 Å². The molecule has 3 rings (SSSR count). The second-order valence-corrected chi connectivity index (χ2v) is 6.17. The molecule has 0 fully saturated rings. The molecule has 0 saturated heterocycles. The molecular formula is C19H20N2OS. The Hall–Kier alpha value is -2.33. The maximum atomic E-state index is 5.81. The van der Waals surface area contributed by atoms with Crippen molar-refractivity contribution in [3.05, 3.63) is 70.5 Å². The topological polar surface area (TPSA) is 26.5 Å². The van der Waals surface area contributed by atoms with Crippen LogP contribution >= 0.6 is 11.3 Å². The summed E-state index contributed by atoms with van der Waals surface area (Å²) in [4.78, 5) is 5.80. The van der Waals surface area contributed by atoms with Gasteiger partial charge in [0.15, 0.2) is 4.80 Å². The van der Waals surface area contributed by atoms with E-state index >= 15 is 0 Å². The fourth-order valence-corrected chi connectivity index (χ4v) is 3.25. The lowest BCUT2D eigenvalue weighted by molar-refractivity contribution is 0.483. The normalized spacial score (nSPS) is 11.7. The quantitative estimate of drug-likeness (QED) is 0.626. The van der Waals surface area contributed by atoms with Crippen LogP contribution in [0.5, 0.6) is 11.5 Å². The van der Waals surface area contributed by atoms with Crippen LogP contribution in [0.3, 0.4) is 0 Å². The molecule has 0 aliphatic rings. The van der Waals surface area contributed by atoms with Gasteiger partial charge in [0.2, 0.25) is 0 Å². The molecule has 0 N–H and O–H groups in total. The van der Waals surface area contributed by atoms with Crippen molar-refractivity contribution in [2.75, 3.05) is 0 Å². The summed E-state index contributed by atoms with van der Waals surface area (Å²) in [5.74, 6) is 1.66. The molecule has 0 radical (unpaired) electrons. The highest BCUT2D eigenvalue weighted by atomic mass is 32.1. The van der Waals surface area contributed by atoms with E-state index < -0.39 is 0 Å². The predicted molar refractivity (Wildman–Crippen MR) is 95.5 cm³/mol. The first-order valence-electron chi connectivity index (χ1n) is 7.79. The molecule has 2 aromatic carbocycles. The summed E-state index contributed by atoms with van der Waals surface area (Å²) >= 11 is 1.68. The number of hydrogen-bond donors (Lipinski definition) is 0. The number of thiazole rings is 1. The Morgan fingerprint density at radius 3 is 2.39 bits per heavy atom. The van der Waals surface area contributed by atoms with E-state index in [1.165, 1.54) is 5.69 Å². The Bertz CT molecular complexity index is 817. The third kappa shape index (κ3) is 3.90. The zero-order valence-electron chi connectivity index (χ0n) is 13.4. The number of rotatable bonds is 5. The van der Waals surface area contributed by atoms with E-state index in [0.717, 1.165) is 35.0 Å². The van der Waals surface area contributed by atoms with Crippen molar-refractivity contribution >= 4 is 17.0 Å². The molecule has 0 amide bonds. The van der Waals surface area contributed by atoms with E-state index in [1.807, 2.05) is 54.6 Å². The van der Waals surface area contributed by atoms with Gasteiger partial charge in [-0.05, 0) is 49.7 Å². The van der Waals surface area contributed by atoms with Gasteiger partial charge in [0.25, 0.3) is 0 Å². The second kappa shape index (κ2) is 7.29. The summed E-state index contributed by atoms with van der Waals surface area (Å²) < 4.78 is 8.07. The zero-order valence-corrected chi connectivity index (χ0v) is 14.2. The van der Waals surface area contributed by atoms with Gasteiger partial charge in [-0.25, -0.2) is 4.99 Å². The van der Waals surface area contributed by atoms with E-state index in [-0.39, 0.29) is 0 Å². The minimum absolute atomic E-state index is 0.818. The Balaban J connectivity index is 1.81. The fraction of sp³-hybridized carbons (Fsp3) is 0.211. The molecular weight excluding hydrogens is 304 g/mol. The van der Waals surface area contributed by atoms with Crippen molar-refractivity contribution in [3.8, 4) is 11.5 Å². The van der Waals surface area contributed by atoms with E-state index in [1.54, 1.807) is 11.3 Å². The molecule has 4 heteroatoms. The van der Waals surface area contributed by atoms with Gasteiger partial charge in [-0.3, -0.25) is 0 Å². The number of para-hydroxylation sites is 1. The van der Waals surface area contributed by atoms with E-state index in [9.17, 15) is 0 Å². The monoisotopic (exact) mass is 324 g/mol. The van der Waals surface area contributed by atoms with Gasteiger partial charge < -0.3 is 9.30 Å². The van der Waals surface area contributed by atoms with Crippen LogP contribution in [0.25, 0.3) is 0 Å². The van der Waals surface area contributed by atoms with Crippen molar-refractivity contribution in [3.63, 3.8) is 0 Å². The fourth-order valence-electron chi connectivity index (χ4n) is 2.32. The zero-order chi connectivity index (χ0) is 16.1. The predicted octanol–water partition coefficient (Wildman–Crippen LogP) is 5.29. The van der Waals surface area contributed by atoms with Crippen molar-refractivity contribution < 1.29 is 4.74 Å². The number of nitrogens with zero attached hydrogens (tertiary/aromatic N) is 2. The molecule has 0 atom stereocenters. The molecule has 118 valence electrons. The molecule has 3 aromatic rings. The van der Waals surface area contributed by atoms with Crippen LogP contribution in [0.1, 0.15) is 19.0 Å². The Labute approximate surface area is 140 Å². The second-order valence-electron chi connectivity index (χ2n) is 5.33. The Morgan fingerprint density at radius 2 is 1.70 bits per heavy atom.